The molecular formula is C9H6O4. The van der Waals surface area contributed by atoms with Gasteiger partial charge < -0.3 is 9.47 Å². The number of fused-ring (bicyclic) bond motifs is 1. The van der Waals surface area contributed by atoms with Gasteiger partial charge >= 0.3 is 11.9 Å². The molecule has 66 valence electrons. The topological polar surface area (TPSA) is 52.6 Å². The van der Waals surface area contributed by atoms with E-state index in [0.29, 0.717) is 0 Å². The number of rotatable bonds is 0. The zero-order valence-electron chi connectivity index (χ0n) is 6.65. The highest BCUT2D eigenvalue weighted by atomic mass is 16.7. The first-order valence-corrected chi connectivity index (χ1v) is 3.72. The first-order valence-electron chi connectivity index (χ1n) is 3.72. The standard InChI is InChI=1S/C9H6O4/c10-8-6-3-1-2-4-7(6)9(11)13-5-12-8/h1-4H,5H2. The number of esters is 2. The van der Waals surface area contributed by atoms with Crippen molar-refractivity contribution in [2.24, 2.45) is 0 Å². The van der Waals surface area contributed by atoms with Gasteiger partial charge in [0.15, 0.2) is 0 Å². The molecule has 1 heterocycles. The fraction of sp³-hybridized carbons (Fsp3) is 0.111. The van der Waals surface area contributed by atoms with Gasteiger partial charge in [0.25, 0.3) is 0 Å². The van der Waals surface area contributed by atoms with Crippen molar-refractivity contribution >= 4 is 11.9 Å². The Bertz CT molecular complexity index is 335. The van der Waals surface area contributed by atoms with E-state index >= 15 is 0 Å². The minimum Gasteiger partial charge on any atom is -0.424 e. The first kappa shape index (κ1) is 7.79. The lowest BCUT2D eigenvalue weighted by Gasteiger charge is -1.97. The molecule has 4 heteroatoms. The average Bonchev–Trinajstić information content (AvgIpc) is 2.29. The Balaban J connectivity index is 2.57. The minimum atomic E-state index is -0.526. The summed E-state index contributed by atoms with van der Waals surface area (Å²) in [5.41, 5.74) is 0.509. The third-order valence-corrected chi connectivity index (χ3v) is 1.75. The van der Waals surface area contributed by atoms with E-state index in [2.05, 4.69) is 9.47 Å². The Labute approximate surface area is 74.1 Å². The Kier molecular flexibility index (Phi) is 1.73. The number of hydrogen-bond donors (Lipinski definition) is 0. The lowest BCUT2D eigenvalue weighted by Crippen LogP contribution is -2.04. The summed E-state index contributed by atoms with van der Waals surface area (Å²) in [4.78, 5) is 22.4. The minimum absolute atomic E-state index is 0.255. The molecule has 0 spiro atoms. The van der Waals surface area contributed by atoms with Gasteiger partial charge in [0.2, 0.25) is 6.79 Å². The SMILES string of the molecule is O=C1OCOC(=O)c2ccccc21. The van der Waals surface area contributed by atoms with Gasteiger partial charge in [-0.25, -0.2) is 9.59 Å². The van der Waals surface area contributed by atoms with E-state index in [9.17, 15) is 9.59 Å². The van der Waals surface area contributed by atoms with E-state index < -0.39 is 11.9 Å². The Morgan fingerprint density at radius 1 is 0.923 bits per heavy atom. The largest absolute Gasteiger partial charge is 0.424 e. The quantitative estimate of drug-likeness (QED) is 0.555. The maximum atomic E-state index is 11.2. The van der Waals surface area contributed by atoms with E-state index in [-0.39, 0.29) is 17.9 Å². The summed E-state index contributed by atoms with van der Waals surface area (Å²) in [5, 5.41) is 0. The van der Waals surface area contributed by atoms with Gasteiger partial charge in [0.05, 0.1) is 11.1 Å². The summed E-state index contributed by atoms with van der Waals surface area (Å²) in [7, 11) is 0. The molecule has 1 aromatic rings. The summed E-state index contributed by atoms with van der Waals surface area (Å²) >= 11 is 0. The smallest absolute Gasteiger partial charge is 0.341 e. The molecular weight excluding hydrogens is 172 g/mol. The highest BCUT2D eigenvalue weighted by molar-refractivity contribution is 6.03. The highest BCUT2D eigenvalue weighted by Gasteiger charge is 2.22. The van der Waals surface area contributed by atoms with Gasteiger partial charge in [-0.15, -0.1) is 0 Å². The normalized spacial score (nSPS) is 15.4. The van der Waals surface area contributed by atoms with E-state index in [1.807, 2.05) is 0 Å². The highest BCUT2D eigenvalue weighted by Crippen LogP contribution is 2.14. The second kappa shape index (κ2) is 2.90. The lowest BCUT2D eigenvalue weighted by atomic mass is 10.1. The molecule has 0 unspecified atom stereocenters. The molecule has 1 aromatic carbocycles. The van der Waals surface area contributed by atoms with Crippen molar-refractivity contribution in [1.29, 1.82) is 0 Å². The van der Waals surface area contributed by atoms with E-state index in [0.717, 1.165) is 0 Å². The van der Waals surface area contributed by atoms with Crippen molar-refractivity contribution in [3.63, 3.8) is 0 Å². The number of cyclic esters (lactones) is 2. The van der Waals surface area contributed by atoms with Crippen LogP contribution in [0.3, 0.4) is 0 Å². The maximum Gasteiger partial charge on any atom is 0.341 e. The van der Waals surface area contributed by atoms with Gasteiger partial charge in [-0.2, -0.15) is 0 Å². The van der Waals surface area contributed by atoms with Crippen LogP contribution in [-0.4, -0.2) is 18.7 Å². The zero-order chi connectivity index (χ0) is 9.26. The van der Waals surface area contributed by atoms with E-state index in [4.69, 9.17) is 0 Å². The molecule has 1 aliphatic heterocycles. The van der Waals surface area contributed by atoms with Crippen LogP contribution < -0.4 is 0 Å². The fourth-order valence-electron chi connectivity index (χ4n) is 1.13. The summed E-state index contributed by atoms with van der Waals surface area (Å²) in [6, 6.07) is 6.39. The van der Waals surface area contributed by atoms with E-state index in [1.165, 1.54) is 12.1 Å². The van der Waals surface area contributed by atoms with Crippen LogP contribution >= 0.6 is 0 Å². The molecule has 0 radical (unpaired) electrons. The summed E-state index contributed by atoms with van der Waals surface area (Å²) in [6.45, 7) is -0.313. The van der Waals surface area contributed by atoms with Crippen molar-refractivity contribution < 1.29 is 19.1 Å². The van der Waals surface area contributed by atoms with Crippen LogP contribution in [0.5, 0.6) is 0 Å². The number of carbonyl (C=O) groups is 2. The van der Waals surface area contributed by atoms with Gasteiger partial charge in [-0.05, 0) is 12.1 Å². The van der Waals surface area contributed by atoms with Crippen molar-refractivity contribution in [2.75, 3.05) is 6.79 Å². The van der Waals surface area contributed by atoms with Crippen LogP contribution in [0.15, 0.2) is 24.3 Å². The van der Waals surface area contributed by atoms with Crippen molar-refractivity contribution in [2.45, 2.75) is 0 Å². The molecule has 13 heavy (non-hydrogen) atoms. The lowest BCUT2D eigenvalue weighted by molar-refractivity contribution is -0.0124. The van der Waals surface area contributed by atoms with Crippen molar-refractivity contribution in [3.05, 3.63) is 35.4 Å². The van der Waals surface area contributed by atoms with Gasteiger partial charge in [-0.3, -0.25) is 0 Å². The molecule has 4 nitrogen and oxygen atoms in total. The second-order valence-electron chi connectivity index (χ2n) is 2.53. The Hall–Kier alpha value is -1.84. The molecule has 0 aromatic heterocycles. The fourth-order valence-corrected chi connectivity index (χ4v) is 1.13. The van der Waals surface area contributed by atoms with Crippen molar-refractivity contribution in [1.82, 2.24) is 0 Å². The molecule has 2 rings (SSSR count). The number of benzene rings is 1. The molecule has 0 fully saturated rings. The Morgan fingerprint density at radius 2 is 1.38 bits per heavy atom. The zero-order valence-corrected chi connectivity index (χ0v) is 6.65. The number of ether oxygens (including phenoxy) is 2. The van der Waals surface area contributed by atoms with Gasteiger partial charge in [0.1, 0.15) is 0 Å². The van der Waals surface area contributed by atoms with Crippen LogP contribution in [0.1, 0.15) is 20.7 Å². The predicted octanol–water partition coefficient (Wildman–Crippen LogP) is 0.971. The van der Waals surface area contributed by atoms with E-state index in [1.54, 1.807) is 12.1 Å². The molecule has 1 aliphatic rings. The molecule has 0 amide bonds. The first-order chi connectivity index (χ1) is 6.29. The molecule has 0 N–H and O–H groups in total. The molecule has 0 bridgehead atoms. The van der Waals surface area contributed by atoms with Crippen LogP contribution in [0.4, 0.5) is 0 Å². The van der Waals surface area contributed by atoms with Crippen LogP contribution in [0.25, 0.3) is 0 Å². The van der Waals surface area contributed by atoms with Gasteiger partial charge in [-0.1, -0.05) is 12.1 Å². The average molecular weight is 178 g/mol. The third kappa shape index (κ3) is 1.26. The number of carbonyl (C=O) groups excluding carboxylic acids is 2. The Morgan fingerprint density at radius 3 is 1.85 bits per heavy atom. The second-order valence-corrected chi connectivity index (χ2v) is 2.53. The maximum absolute atomic E-state index is 11.2. The third-order valence-electron chi connectivity index (χ3n) is 1.75. The van der Waals surface area contributed by atoms with Crippen molar-refractivity contribution in [3.8, 4) is 0 Å². The molecule has 0 atom stereocenters. The molecule has 0 saturated carbocycles. The number of hydrogen-bond acceptors (Lipinski definition) is 4. The summed E-state index contributed by atoms with van der Waals surface area (Å²) in [5.74, 6) is -1.05. The molecule has 0 aliphatic carbocycles. The van der Waals surface area contributed by atoms with Gasteiger partial charge in [0, 0.05) is 0 Å². The molecule has 0 saturated heterocycles. The summed E-state index contributed by atoms with van der Waals surface area (Å²) < 4.78 is 9.24. The predicted molar refractivity (Wildman–Crippen MR) is 42.1 cm³/mol. The summed E-state index contributed by atoms with van der Waals surface area (Å²) in [6.07, 6.45) is 0. The van der Waals surface area contributed by atoms with Crippen LogP contribution in [0.2, 0.25) is 0 Å². The van der Waals surface area contributed by atoms with Crippen LogP contribution in [0, 0.1) is 0 Å². The van der Waals surface area contributed by atoms with Crippen LogP contribution in [-0.2, 0) is 9.47 Å². The monoisotopic (exact) mass is 178 g/mol.